The second kappa shape index (κ2) is 10.9. The molecule has 0 spiro atoms. The van der Waals surface area contributed by atoms with Crippen LogP contribution in [0.5, 0.6) is 0 Å². The van der Waals surface area contributed by atoms with Crippen LogP contribution < -0.4 is 10.6 Å². The van der Waals surface area contributed by atoms with Crippen LogP contribution in [0.4, 0.5) is 9.93 Å². The number of anilines is 1. The van der Waals surface area contributed by atoms with E-state index in [0.29, 0.717) is 24.8 Å². The summed E-state index contributed by atoms with van der Waals surface area (Å²) in [5.41, 5.74) is 2.48. The lowest BCUT2D eigenvalue weighted by Gasteiger charge is -2.32. The number of aromatic nitrogens is 1. The van der Waals surface area contributed by atoms with Gasteiger partial charge in [-0.3, -0.25) is 4.79 Å². The summed E-state index contributed by atoms with van der Waals surface area (Å²) in [6.45, 7) is 1.68. The van der Waals surface area contributed by atoms with E-state index >= 15 is 0 Å². The number of hydrogen-bond acceptors (Lipinski definition) is 4. The van der Waals surface area contributed by atoms with Crippen molar-refractivity contribution in [1.82, 2.24) is 15.2 Å². The predicted octanol–water partition coefficient (Wildman–Crippen LogP) is 4.73. The summed E-state index contributed by atoms with van der Waals surface area (Å²) in [7, 11) is 0. The normalized spacial score (nSPS) is 16.0. The first-order valence-corrected chi connectivity index (χ1v) is 11.9. The molecular formula is C25H28N4O2S. The quantitative estimate of drug-likeness (QED) is 0.549. The Bertz CT molecular complexity index is 956. The second-order valence-corrected chi connectivity index (χ2v) is 8.90. The highest BCUT2D eigenvalue weighted by atomic mass is 32.1. The van der Waals surface area contributed by atoms with Crippen molar-refractivity contribution in [3.8, 4) is 0 Å². The van der Waals surface area contributed by atoms with Gasteiger partial charge in [-0.15, -0.1) is 11.3 Å². The minimum absolute atomic E-state index is 0.0642. The molecule has 6 nitrogen and oxygen atoms in total. The molecule has 4 rings (SSSR count). The third kappa shape index (κ3) is 5.73. The standard InChI is InChI=1S/C25H28N4O2S/c30-23(28-24-26-15-17-32-24)21-12-7-16-29(18-21)25(31)27-14-13-22(19-8-3-1-4-9-19)20-10-5-2-6-11-20/h1-6,8-11,15,17,21-22H,7,12-14,16,18H2,(H,27,31)(H,26,28,30). The summed E-state index contributed by atoms with van der Waals surface area (Å²) >= 11 is 1.40. The van der Waals surface area contributed by atoms with Crippen LogP contribution in [0.3, 0.4) is 0 Å². The van der Waals surface area contributed by atoms with Crippen molar-refractivity contribution in [2.24, 2.45) is 5.92 Å². The average Bonchev–Trinajstić information content (AvgIpc) is 3.36. The number of nitrogens with one attached hydrogen (secondary N) is 2. The zero-order valence-electron chi connectivity index (χ0n) is 17.9. The summed E-state index contributed by atoms with van der Waals surface area (Å²) in [5.74, 6) is -0.0543. The van der Waals surface area contributed by atoms with Gasteiger partial charge in [-0.25, -0.2) is 9.78 Å². The summed E-state index contributed by atoms with van der Waals surface area (Å²) in [5, 5.41) is 8.36. The van der Waals surface area contributed by atoms with E-state index in [-0.39, 0.29) is 23.8 Å². The Morgan fingerprint density at radius 2 is 1.75 bits per heavy atom. The molecule has 0 aliphatic carbocycles. The Labute approximate surface area is 192 Å². The maximum absolute atomic E-state index is 12.8. The highest BCUT2D eigenvalue weighted by molar-refractivity contribution is 7.13. The molecular weight excluding hydrogens is 420 g/mol. The molecule has 1 aliphatic heterocycles. The zero-order valence-corrected chi connectivity index (χ0v) is 18.8. The molecule has 2 aromatic carbocycles. The van der Waals surface area contributed by atoms with Crippen LogP contribution >= 0.6 is 11.3 Å². The smallest absolute Gasteiger partial charge is 0.317 e. The van der Waals surface area contributed by atoms with E-state index in [4.69, 9.17) is 0 Å². The summed E-state index contributed by atoms with van der Waals surface area (Å²) in [6, 6.07) is 20.7. The van der Waals surface area contributed by atoms with Gasteiger partial charge in [-0.2, -0.15) is 0 Å². The van der Waals surface area contributed by atoms with E-state index in [0.717, 1.165) is 19.3 Å². The van der Waals surface area contributed by atoms with Crippen LogP contribution in [0.2, 0.25) is 0 Å². The van der Waals surface area contributed by atoms with Gasteiger partial charge in [-0.1, -0.05) is 60.7 Å². The van der Waals surface area contributed by atoms with Gasteiger partial charge in [-0.05, 0) is 30.4 Å². The average molecular weight is 449 g/mol. The second-order valence-electron chi connectivity index (χ2n) is 8.01. The van der Waals surface area contributed by atoms with Crippen LogP contribution in [-0.2, 0) is 4.79 Å². The molecule has 3 amide bonds. The minimum Gasteiger partial charge on any atom is -0.338 e. The van der Waals surface area contributed by atoms with Gasteiger partial charge in [0.1, 0.15) is 0 Å². The number of benzene rings is 2. The van der Waals surface area contributed by atoms with Crippen LogP contribution in [0.25, 0.3) is 0 Å². The van der Waals surface area contributed by atoms with Crippen LogP contribution in [0.1, 0.15) is 36.3 Å². The first-order chi connectivity index (χ1) is 15.7. The van der Waals surface area contributed by atoms with E-state index in [2.05, 4.69) is 64.1 Å². The molecule has 1 saturated heterocycles. The largest absolute Gasteiger partial charge is 0.338 e. The number of piperidine rings is 1. The van der Waals surface area contributed by atoms with Crippen LogP contribution in [-0.4, -0.2) is 41.5 Å². The van der Waals surface area contributed by atoms with E-state index in [9.17, 15) is 9.59 Å². The van der Waals surface area contributed by atoms with Gasteiger partial charge in [0.25, 0.3) is 0 Å². The maximum atomic E-state index is 12.8. The highest BCUT2D eigenvalue weighted by Gasteiger charge is 2.29. The lowest BCUT2D eigenvalue weighted by atomic mass is 9.88. The highest BCUT2D eigenvalue weighted by Crippen LogP contribution is 2.27. The lowest BCUT2D eigenvalue weighted by molar-refractivity contribution is -0.121. The van der Waals surface area contributed by atoms with Gasteiger partial charge in [0.05, 0.1) is 5.92 Å². The number of nitrogens with zero attached hydrogens (tertiary/aromatic N) is 2. The van der Waals surface area contributed by atoms with Gasteiger partial charge >= 0.3 is 6.03 Å². The van der Waals surface area contributed by atoms with Crippen molar-refractivity contribution in [3.63, 3.8) is 0 Å². The number of urea groups is 1. The molecule has 2 heterocycles. The first-order valence-electron chi connectivity index (χ1n) is 11.0. The van der Waals surface area contributed by atoms with Gasteiger partial charge in [0, 0.05) is 37.1 Å². The number of rotatable bonds is 7. The third-order valence-corrected chi connectivity index (χ3v) is 6.54. The maximum Gasteiger partial charge on any atom is 0.317 e. The molecule has 3 aromatic rings. The fraction of sp³-hybridized carbons (Fsp3) is 0.320. The Balaban J connectivity index is 1.31. The molecule has 7 heteroatoms. The van der Waals surface area contributed by atoms with Crippen LogP contribution in [0, 0.1) is 5.92 Å². The Hall–Kier alpha value is -3.19. The number of likely N-dealkylation sites (tertiary alicyclic amines) is 1. The third-order valence-electron chi connectivity index (χ3n) is 5.85. The molecule has 1 unspecified atom stereocenters. The molecule has 0 saturated carbocycles. The summed E-state index contributed by atoms with van der Waals surface area (Å²) < 4.78 is 0. The van der Waals surface area contributed by atoms with Crippen molar-refractivity contribution < 1.29 is 9.59 Å². The number of amides is 3. The fourth-order valence-electron chi connectivity index (χ4n) is 4.20. The lowest BCUT2D eigenvalue weighted by Crippen LogP contribution is -2.48. The van der Waals surface area contributed by atoms with E-state index in [1.54, 1.807) is 11.1 Å². The molecule has 0 radical (unpaired) electrons. The van der Waals surface area contributed by atoms with Crippen molar-refractivity contribution in [3.05, 3.63) is 83.4 Å². The molecule has 1 aromatic heterocycles. The Morgan fingerprint density at radius 1 is 1.06 bits per heavy atom. The Morgan fingerprint density at radius 3 is 2.38 bits per heavy atom. The number of hydrogen-bond donors (Lipinski definition) is 2. The molecule has 166 valence electrons. The predicted molar refractivity (Wildman–Crippen MR) is 128 cm³/mol. The van der Waals surface area contributed by atoms with Crippen molar-refractivity contribution in [2.45, 2.75) is 25.2 Å². The van der Waals surface area contributed by atoms with Gasteiger partial charge < -0.3 is 15.5 Å². The SMILES string of the molecule is O=C(Nc1nccs1)C1CCCN(C(=O)NCCC(c2ccccc2)c2ccccc2)C1. The van der Waals surface area contributed by atoms with E-state index < -0.39 is 0 Å². The Kier molecular flexibility index (Phi) is 7.51. The molecule has 2 N–H and O–H groups in total. The first kappa shape index (κ1) is 22.0. The molecule has 1 aliphatic rings. The van der Waals surface area contributed by atoms with Gasteiger partial charge in [0.2, 0.25) is 5.91 Å². The van der Waals surface area contributed by atoms with Crippen molar-refractivity contribution >= 4 is 28.4 Å². The van der Waals surface area contributed by atoms with E-state index in [1.165, 1.54) is 22.5 Å². The minimum atomic E-state index is -0.209. The molecule has 1 atom stereocenters. The molecule has 32 heavy (non-hydrogen) atoms. The van der Waals surface area contributed by atoms with Crippen molar-refractivity contribution in [1.29, 1.82) is 0 Å². The number of carbonyl (C=O) groups excluding carboxylic acids is 2. The van der Waals surface area contributed by atoms with E-state index in [1.807, 2.05) is 17.5 Å². The zero-order chi connectivity index (χ0) is 22.2. The topological polar surface area (TPSA) is 74.3 Å². The number of thiazole rings is 1. The summed E-state index contributed by atoms with van der Waals surface area (Å²) in [4.78, 5) is 31.2. The summed E-state index contributed by atoms with van der Waals surface area (Å²) in [6.07, 6.45) is 4.08. The van der Waals surface area contributed by atoms with Crippen LogP contribution in [0.15, 0.2) is 72.2 Å². The fourth-order valence-corrected chi connectivity index (χ4v) is 4.73. The monoisotopic (exact) mass is 448 g/mol. The van der Waals surface area contributed by atoms with Crippen molar-refractivity contribution in [2.75, 3.05) is 25.0 Å². The van der Waals surface area contributed by atoms with Gasteiger partial charge in [0.15, 0.2) is 5.13 Å². The number of carbonyl (C=O) groups is 2. The molecule has 1 fully saturated rings. The molecule has 0 bridgehead atoms.